The molecule has 0 fully saturated rings. The van der Waals surface area contributed by atoms with Crippen molar-refractivity contribution in [2.45, 2.75) is 13.5 Å². The van der Waals surface area contributed by atoms with E-state index in [1.165, 1.54) is 0 Å². The Balaban J connectivity index is 2.10. The van der Waals surface area contributed by atoms with Gasteiger partial charge in [-0.05, 0) is 30.2 Å². The second-order valence-electron chi connectivity index (χ2n) is 4.69. The van der Waals surface area contributed by atoms with Gasteiger partial charge < -0.3 is 15.2 Å². The predicted molar refractivity (Wildman–Crippen MR) is 81.4 cm³/mol. The zero-order valence-corrected chi connectivity index (χ0v) is 12.0. The minimum atomic E-state index is -0.246. The number of carbonyl (C=O) groups excluding carboxylic acids is 1. The maximum Gasteiger partial charge on any atom is 0.255 e. The first kappa shape index (κ1) is 15.1. The van der Waals surface area contributed by atoms with E-state index >= 15 is 0 Å². The molecule has 0 aromatic heterocycles. The quantitative estimate of drug-likeness (QED) is 0.856. The molecule has 0 radical (unpaired) electrons. The van der Waals surface area contributed by atoms with Gasteiger partial charge >= 0.3 is 0 Å². The summed E-state index contributed by atoms with van der Waals surface area (Å²) >= 11 is 0. The highest BCUT2D eigenvalue weighted by molar-refractivity contribution is 5.96. The highest BCUT2D eigenvalue weighted by atomic mass is 16.5. The topological polar surface area (TPSA) is 58.6 Å². The molecule has 2 rings (SSSR count). The maximum atomic E-state index is 12.0. The molecule has 2 N–H and O–H groups in total. The van der Waals surface area contributed by atoms with Crippen LogP contribution < -0.4 is 10.1 Å². The number of hydrogen-bond donors (Lipinski definition) is 2. The number of aryl methyl sites for hydroxylation is 1. The summed E-state index contributed by atoms with van der Waals surface area (Å²) in [4.78, 5) is 12.0. The summed E-state index contributed by atoms with van der Waals surface area (Å²) in [5.41, 5.74) is 2.71. The van der Waals surface area contributed by atoms with E-state index < -0.39 is 0 Å². The first-order valence-corrected chi connectivity index (χ1v) is 6.87. The van der Waals surface area contributed by atoms with Gasteiger partial charge in [-0.3, -0.25) is 4.79 Å². The van der Waals surface area contributed by atoms with Gasteiger partial charge in [0.15, 0.2) is 0 Å². The fourth-order valence-corrected chi connectivity index (χ4v) is 1.97. The van der Waals surface area contributed by atoms with Crippen molar-refractivity contribution in [1.29, 1.82) is 0 Å². The summed E-state index contributed by atoms with van der Waals surface area (Å²) in [7, 11) is 0. The summed E-state index contributed by atoms with van der Waals surface area (Å²) in [6.07, 6.45) is 0. The fraction of sp³-hybridized carbons (Fsp3) is 0.235. The summed E-state index contributed by atoms with van der Waals surface area (Å²) in [6, 6.07) is 15.1. The normalized spacial score (nSPS) is 10.2. The number of rotatable bonds is 6. The number of benzene rings is 2. The van der Waals surface area contributed by atoms with E-state index in [4.69, 9.17) is 9.84 Å². The van der Waals surface area contributed by atoms with Gasteiger partial charge in [-0.1, -0.05) is 36.4 Å². The van der Waals surface area contributed by atoms with Crippen LogP contribution in [0, 0.1) is 6.92 Å². The summed E-state index contributed by atoms with van der Waals surface area (Å²) in [6.45, 7) is 2.58. The van der Waals surface area contributed by atoms with Crippen molar-refractivity contribution in [2.24, 2.45) is 0 Å². The molecule has 0 aliphatic rings. The third kappa shape index (κ3) is 4.07. The second kappa shape index (κ2) is 7.45. The third-order valence-electron chi connectivity index (χ3n) is 3.17. The van der Waals surface area contributed by atoms with Crippen molar-refractivity contribution >= 4 is 5.91 Å². The van der Waals surface area contributed by atoms with Crippen LogP contribution in [0.4, 0.5) is 0 Å². The van der Waals surface area contributed by atoms with Crippen molar-refractivity contribution in [3.63, 3.8) is 0 Å². The van der Waals surface area contributed by atoms with Gasteiger partial charge in [0.1, 0.15) is 12.4 Å². The molecule has 0 unspecified atom stereocenters. The first-order chi connectivity index (χ1) is 10.2. The Kier molecular flexibility index (Phi) is 5.35. The molecular weight excluding hydrogens is 266 g/mol. The maximum absolute atomic E-state index is 12.0. The molecule has 0 spiro atoms. The largest absolute Gasteiger partial charge is 0.488 e. The Hall–Kier alpha value is -2.33. The summed E-state index contributed by atoms with van der Waals surface area (Å²) in [5, 5.41) is 11.4. The number of para-hydroxylation sites is 1. The Labute approximate surface area is 124 Å². The van der Waals surface area contributed by atoms with E-state index in [1.54, 1.807) is 18.2 Å². The van der Waals surface area contributed by atoms with Crippen LogP contribution in [0.1, 0.15) is 21.5 Å². The number of nitrogens with one attached hydrogen (secondary N) is 1. The zero-order chi connectivity index (χ0) is 15.1. The van der Waals surface area contributed by atoms with E-state index in [9.17, 15) is 4.79 Å². The van der Waals surface area contributed by atoms with Crippen LogP contribution in [0.2, 0.25) is 0 Å². The van der Waals surface area contributed by atoms with Crippen molar-refractivity contribution in [3.8, 4) is 5.75 Å². The number of amides is 1. The zero-order valence-electron chi connectivity index (χ0n) is 12.0. The molecule has 0 aliphatic carbocycles. The predicted octanol–water partition coefficient (Wildman–Crippen LogP) is 2.30. The Morgan fingerprint density at radius 1 is 1.14 bits per heavy atom. The van der Waals surface area contributed by atoms with Gasteiger partial charge in [0.2, 0.25) is 0 Å². The average molecular weight is 285 g/mol. The van der Waals surface area contributed by atoms with E-state index in [0.29, 0.717) is 17.9 Å². The average Bonchev–Trinajstić information content (AvgIpc) is 2.52. The Morgan fingerprint density at radius 3 is 2.62 bits per heavy atom. The minimum absolute atomic E-state index is 0.0853. The number of hydrogen-bond acceptors (Lipinski definition) is 3. The lowest BCUT2D eigenvalue weighted by atomic mass is 10.1. The van der Waals surface area contributed by atoms with Gasteiger partial charge in [-0.15, -0.1) is 0 Å². The Bertz CT molecular complexity index is 610. The molecule has 0 atom stereocenters. The minimum Gasteiger partial charge on any atom is -0.488 e. The van der Waals surface area contributed by atoms with Crippen LogP contribution in [-0.4, -0.2) is 24.2 Å². The second-order valence-corrected chi connectivity index (χ2v) is 4.69. The molecule has 4 nitrogen and oxygen atoms in total. The number of aliphatic hydroxyl groups excluding tert-OH is 1. The third-order valence-corrected chi connectivity index (χ3v) is 3.17. The van der Waals surface area contributed by atoms with E-state index in [1.807, 2.05) is 37.3 Å². The van der Waals surface area contributed by atoms with Crippen LogP contribution in [0.15, 0.2) is 48.5 Å². The molecule has 0 aliphatic heterocycles. The lowest BCUT2D eigenvalue weighted by Gasteiger charge is -2.12. The number of carbonyl (C=O) groups is 1. The van der Waals surface area contributed by atoms with Crippen molar-refractivity contribution in [3.05, 3.63) is 65.2 Å². The molecule has 2 aromatic rings. The Morgan fingerprint density at radius 2 is 1.86 bits per heavy atom. The van der Waals surface area contributed by atoms with Gasteiger partial charge in [0.25, 0.3) is 5.91 Å². The standard InChI is InChI=1S/C17H19NO3/c1-13-6-2-3-7-14(13)12-21-16-9-5-4-8-15(16)17(20)18-10-11-19/h2-9,19H,10-12H2,1H3,(H,18,20). The van der Waals surface area contributed by atoms with Crippen molar-refractivity contribution < 1.29 is 14.6 Å². The highest BCUT2D eigenvalue weighted by Crippen LogP contribution is 2.20. The highest BCUT2D eigenvalue weighted by Gasteiger charge is 2.11. The number of aliphatic hydroxyl groups is 1. The lowest BCUT2D eigenvalue weighted by molar-refractivity contribution is 0.0940. The fourth-order valence-electron chi connectivity index (χ4n) is 1.97. The van der Waals surface area contributed by atoms with Gasteiger partial charge in [-0.25, -0.2) is 0 Å². The molecule has 4 heteroatoms. The molecule has 0 saturated heterocycles. The van der Waals surface area contributed by atoms with Crippen LogP contribution in [-0.2, 0) is 6.61 Å². The molecular formula is C17H19NO3. The summed E-state index contributed by atoms with van der Waals surface area (Å²) < 4.78 is 5.78. The van der Waals surface area contributed by atoms with Gasteiger partial charge in [0.05, 0.1) is 12.2 Å². The van der Waals surface area contributed by atoms with Crippen LogP contribution in [0.5, 0.6) is 5.75 Å². The molecule has 0 saturated carbocycles. The molecule has 0 heterocycles. The smallest absolute Gasteiger partial charge is 0.255 e. The lowest BCUT2D eigenvalue weighted by Crippen LogP contribution is -2.26. The van der Waals surface area contributed by atoms with Crippen LogP contribution in [0.25, 0.3) is 0 Å². The van der Waals surface area contributed by atoms with Crippen molar-refractivity contribution in [1.82, 2.24) is 5.32 Å². The molecule has 0 bridgehead atoms. The van der Waals surface area contributed by atoms with Gasteiger partial charge in [0, 0.05) is 6.54 Å². The molecule has 2 aromatic carbocycles. The molecule has 21 heavy (non-hydrogen) atoms. The van der Waals surface area contributed by atoms with E-state index in [-0.39, 0.29) is 19.1 Å². The van der Waals surface area contributed by atoms with Crippen molar-refractivity contribution in [2.75, 3.05) is 13.2 Å². The van der Waals surface area contributed by atoms with Gasteiger partial charge in [-0.2, -0.15) is 0 Å². The van der Waals surface area contributed by atoms with E-state index in [0.717, 1.165) is 11.1 Å². The van der Waals surface area contributed by atoms with Crippen LogP contribution in [0.3, 0.4) is 0 Å². The van der Waals surface area contributed by atoms with E-state index in [2.05, 4.69) is 5.32 Å². The number of ether oxygens (including phenoxy) is 1. The monoisotopic (exact) mass is 285 g/mol. The molecule has 110 valence electrons. The van der Waals surface area contributed by atoms with Crippen LogP contribution >= 0.6 is 0 Å². The SMILES string of the molecule is Cc1ccccc1COc1ccccc1C(=O)NCCO. The first-order valence-electron chi connectivity index (χ1n) is 6.87. The summed E-state index contributed by atoms with van der Waals surface area (Å²) in [5.74, 6) is 0.292. The molecule has 1 amide bonds.